The molecule has 17 heavy (non-hydrogen) atoms. The van der Waals surface area contributed by atoms with Gasteiger partial charge in [-0.25, -0.2) is 19.6 Å². The Morgan fingerprint density at radius 2 is 2.29 bits per heavy atom. The average Bonchev–Trinajstić information content (AvgIpc) is 2.79. The van der Waals surface area contributed by atoms with E-state index in [0.717, 1.165) is 11.3 Å². The Bertz CT molecular complexity index is 570. The molecule has 0 saturated heterocycles. The smallest absolute Gasteiger partial charge is 0.316 e. The van der Waals surface area contributed by atoms with Crippen molar-refractivity contribution in [3.05, 3.63) is 29.6 Å². The van der Waals surface area contributed by atoms with Gasteiger partial charge < -0.3 is 4.74 Å². The van der Waals surface area contributed by atoms with Crippen LogP contribution in [0.2, 0.25) is 0 Å². The molecule has 86 valence electrons. The maximum Gasteiger partial charge on any atom is 0.316 e. The molecule has 2 aromatic heterocycles. The van der Waals surface area contributed by atoms with Gasteiger partial charge in [0.1, 0.15) is 12.4 Å². The highest BCUT2D eigenvalue weighted by Gasteiger charge is 2.06. The molecule has 0 bridgehead atoms. The van der Waals surface area contributed by atoms with Gasteiger partial charge in [-0.1, -0.05) is 0 Å². The van der Waals surface area contributed by atoms with Crippen molar-refractivity contribution in [1.82, 2.24) is 24.7 Å². The molecule has 7 heteroatoms. The van der Waals surface area contributed by atoms with E-state index in [1.165, 1.54) is 13.4 Å². The molecule has 0 N–H and O–H groups in total. The molecule has 0 aromatic carbocycles. The molecule has 0 unspecified atom stereocenters. The van der Waals surface area contributed by atoms with Crippen LogP contribution in [-0.4, -0.2) is 31.8 Å². The first kappa shape index (κ1) is 11.0. The quantitative estimate of drug-likeness (QED) is 0.753. The molecule has 7 nitrogen and oxygen atoms in total. The maximum absolute atomic E-state index is 8.61. The minimum Gasteiger partial charge on any atom is -0.467 e. The van der Waals surface area contributed by atoms with Crippen molar-refractivity contribution in [2.24, 2.45) is 0 Å². The van der Waals surface area contributed by atoms with Crippen LogP contribution in [0.5, 0.6) is 6.01 Å². The first-order valence-electron chi connectivity index (χ1n) is 4.89. The van der Waals surface area contributed by atoms with Gasteiger partial charge in [0.05, 0.1) is 13.7 Å². The Hall–Kier alpha value is -2.49. The van der Waals surface area contributed by atoms with Crippen molar-refractivity contribution < 1.29 is 4.74 Å². The molecule has 0 aliphatic rings. The summed E-state index contributed by atoms with van der Waals surface area (Å²) in [5, 5.41) is 12.6. The van der Waals surface area contributed by atoms with Crippen molar-refractivity contribution >= 4 is 0 Å². The summed E-state index contributed by atoms with van der Waals surface area (Å²) < 4.78 is 6.49. The zero-order valence-electron chi connectivity index (χ0n) is 9.45. The molecule has 2 aromatic rings. The number of rotatable bonds is 3. The molecule has 0 aliphatic heterocycles. The second-order valence-corrected chi connectivity index (χ2v) is 3.34. The number of methoxy groups -OCH3 is 1. The molecule has 0 amide bonds. The van der Waals surface area contributed by atoms with Gasteiger partial charge in [0.2, 0.25) is 0 Å². The van der Waals surface area contributed by atoms with E-state index in [4.69, 9.17) is 10.00 Å². The number of hydrogen-bond acceptors (Lipinski definition) is 6. The number of nitrogens with zero attached hydrogens (tertiary/aromatic N) is 6. The van der Waals surface area contributed by atoms with Crippen LogP contribution in [-0.2, 0) is 6.54 Å². The van der Waals surface area contributed by atoms with E-state index in [2.05, 4.69) is 20.1 Å². The highest BCUT2D eigenvalue weighted by atomic mass is 16.5. The number of nitriles is 1. The van der Waals surface area contributed by atoms with E-state index in [0.29, 0.717) is 12.6 Å². The molecule has 0 fully saturated rings. The molecule has 0 saturated carbocycles. The van der Waals surface area contributed by atoms with E-state index in [1.807, 2.05) is 13.0 Å². The molecular formula is C10H10N6O. The lowest BCUT2D eigenvalue weighted by molar-refractivity contribution is 0.378. The third-order valence-electron chi connectivity index (χ3n) is 2.21. The fraction of sp³-hybridized carbons (Fsp3) is 0.300. The lowest BCUT2D eigenvalue weighted by Crippen LogP contribution is -2.05. The number of ether oxygens (including phenoxy) is 1. The highest BCUT2D eigenvalue weighted by Crippen LogP contribution is 2.09. The van der Waals surface area contributed by atoms with E-state index in [-0.39, 0.29) is 5.82 Å². The van der Waals surface area contributed by atoms with Crippen molar-refractivity contribution in [1.29, 1.82) is 5.26 Å². The minimum absolute atomic E-state index is 0.150. The molecule has 0 radical (unpaired) electrons. The minimum atomic E-state index is 0.150. The summed E-state index contributed by atoms with van der Waals surface area (Å²) in [5.74, 6) is 0.150. The SMILES string of the molecule is COc1ncc(Cn2cnc(C#N)n2)c(C)n1. The van der Waals surface area contributed by atoms with Gasteiger partial charge in [-0.3, -0.25) is 0 Å². The predicted molar refractivity (Wildman–Crippen MR) is 57.2 cm³/mol. The van der Waals surface area contributed by atoms with Gasteiger partial charge >= 0.3 is 6.01 Å². The molecule has 0 aliphatic carbocycles. The summed E-state index contributed by atoms with van der Waals surface area (Å²) in [4.78, 5) is 12.0. The fourth-order valence-corrected chi connectivity index (χ4v) is 1.32. The van der Waals surface area contributed by atoms with Crippen LogP contribution in [0.15, 0.2) is 12.5 Å². The first-order valence-corrected chi connectivity index (χ1v) is 4.89. The molecule has 0 spiro atoms. The van der Waals surface area contributed by atoms with Crippen molar-refractivity contribution in [2.75, 3.05) is 7.11 Å². The maximum atomic E-state index is 8.61. The van der Waals surface area contributed by atoms with E-state index in [1.54, 1.807) is 10.9 Å². The van der Waals surface area contributed by atoms with Crippen LogP contribution in [0.25, 0.3) is 0 Å². The standard InChI is InChI=1S/C10H10N6O/c1-7-8(4-12-10(14-7)17-2)5-16-6-13-9(3-11)15-16/h4,6H,5H2,1-2H3. The predicted octanol–water partition coefficient (Wildman–Crippen LogP) is 0.305. The molecule has 2 rings (SSSR count). The third kappa shape index (κ3) is 2.36. The van der Waals surface area contributed by atoms with E-state index < -0.39 is 0 Å². The zero-order chi connectivity index (χ0) is 12.3. The van der Waals surface area contributed by atoms with Crippen molar-refractivity contribution in [2.45, 2.75) is 13.5 Å². The summed E-state index contributed by atoms with van der Waals surface area (Å²) >= 11 is 0. The summed E-state index contributed by atoms with van der Waals surface area (Å²) in [7, 11) is 1.52. The largest absolute Gasteiger partial charge is 0.467 e. The first-order chi connectivity index (χ1) is 8.22. The van der Waals surface area contributed by atoms with Crippen LogP contribution in [0, 0.1) is 18.3 Å². The van der Waals surface area contributed by atoms with Gasteiger partial charge in [-0.05, 0) is 6.92 Å². The Balaban J connectivity index is 2.21. The van der Waals surface area contributed by atoms with E-state index in [9.17, 15) is 0 Å². The van der Waals surface area contributed by atoms with Crippen LogP contribution in [0.1, 0.15) is 17.1 Å². The number of hydrogen-bond donors (Lipinski definition) is 0. The Morgan fingerprint density at radius 3 is 2.88 bits per heavy atom. The molecule has 2 heterocycles. The third-order valence-corrected chi connectivity index (χ3v) is 2.21. The van der Waals surface area contributed by atoms with Gasteiger partial charge in [-0.2, -0.15) is 5.26 Å². The van der Waals surface area contributed by atoms with Gasteiger partial charge in [0, 0.05) is 17.5 Å². The average molecular weight is 230 g/mol. The van der Waals surface area contributed by atoms with Gasteiger partial charge in [0.15, 0.2) is 0 Å². The van der Waals surface area contributed by atoms with Crippen LogP contribution in [0.4, 0.5) is 0 Å². The summed E-state index contributed by atoms with van der Waals surface area (Å²) in [5.41, 5.74) is 1.71. The van der Waals surface area contributed by atoms with Crippen molar-refractivity contribution in [3.8, 4) is 12.1 Å². The fourth-order valence-electron chi connectivity index (χ4n) is 1.32. The Labute approximate surface area is 97.7 Å². The second kappa shape index (κ2) is 4.57. The highest BCUT2D eigenvalue weighted by molar-refractivity contribution is 5.18. The van der Waals surface area contributed by atoms with Crippen LogP contribution in [0.3, 0.4) is 0 Å². The van der Waals surface area contributed by atoms with Crippen LogP contribution < -0.4 is 4.74 Å². The van der Waals surface area contributed by atoms with E-state index >= 15 is 0 Å². The zero-order valence-corrected chi connectivity index (χ0v) is 9.45. The molecule has 0 atom stereocenters. The van der Waals surface area contributed by atoms with Gasteiger partial charge in [-0.15, -0.1) is 5.10 Å². The van der Waals surface area contributed by atoms with Crippen LogP contribution >= 0.6 is 0 Å². The Kier molecular flexibility index (Phi) is 2.96. The molecular weight excluding hydrogens is 220 g/mol. The second-order valence-electron chi connectivity index (χ2n) is 3.34. The lowest BCUT2D eigenvalue weighted by atomic mass is 10.2. The Morgan fingerprint density at radius 1 is 1.47 bits per heavy atom. The number of aromatic nitrogens is 5. The summed E-state index contributed by atoms with van der Waals surface area (Å²) in [6.07, 6.45) is 3.18. The van der Waals surface area contributed by atoms with Gasteiger partial charge in [0.25, 0.3) is 5.82 Å². The normalized spacial score (nSPS) is 9.94. The number of aryl methyl sites for hydroxylation is 1. The topological polar surface area (TPSA) is 89.5 Å². The lowest BCUT2D eigenvalue weighted by Gasteiger charge is -2.05. The monoisotopic (exact) mass is 230 g/mol. The summed E-state index contributed by atoms with van der Waals surface area (Å²) in [6, 6.07) is 2.21. The summed E-state index contributed by atoms with van der Waals surface area (Å²) in [6.45, 7) is 2.34. The van der Waals surface area contributed by atoms with Crippen molar-refractivity contribution in [3.63, 3.8) is 0 Å².